The number of benzene rings is 2. The number of aromatic nitrogens is 5. The Morgan fingerprint density at radius 1 is 1.00 bits per heavy atom. The first-order valence-corrected chi connectivity index (χ1v) is 8.64. The van der Waals surface area contributed by atoms with Crippen LogP contribution < -0.4 is 5.32 Å². The van der Waals surface area contributed by atoms with Crippen LogP contribution in [0.3, 0.4) is 0 Å². The zero-order valence-electron chi connectivity index (χ0n) is 14.5. The number of H-pyrrole nitrogens is 1. The van der Waals surface area contributed by atoms with E-state index in [1.165, 1.54) is 6.33 Å². The highest BCUT2D eigenvalue weighted by Crippen LogP contribution is 2.19. The average molecular weight is 358 g/mol. The summed E-state index contributed by atoms with van der Waals surface area (Å²) >= 11 is 0. The normalized spacial score (nSPS) is 10.7. The summed E-state index contributed by atoms with van der Waals surface area (Å²) in [5, 5.41) is 13.9. The molecular weight excluding hydrogens is 340 g/mol. The molecule has 0 spiro atoms. The number of aryl methyl sites for hydroxylation is 1. The van der Waals surface area contributed by atoms with Gasteiger partial charge in [0.1, 0.15) is 6.33 Å². The first-order valence-electron chi connectivity index (χ1n) is 8.64. The van der Waals surface area contributed by atoms with Gasteiger partial charge in [0.25, 0.3) is 0 Å². The number of carbonyl (C=O) groups is 1. The van der Waals surface area contributed by atoms with Crippen LogP contribution in [0, 0.1) is 0 Å². The average Bonchev–Trinajstić information content (AvgIpc) is 3.40. The monoisotopic (exact) mass is 358 g/mol. The maximum absolute atomic E-state index is 12.2. The van der Waals surface area contributed by atoms with Crippen LogP contribution in [0.4, 0.5) is 5.69 Å². The van der Waals surface area contributed by atoms with Gasteiger partial charge in [0, 0.05) is 23.5 Å². The minimum absolute atomic E-state index is 0.0268. The van der Waals surface area contributed by atoms with Gasteiger partial charge in [-0.3, -0.25) is 4.79 Å². The van der Waals surface area contributed by atoms with E-state index in [1.54, 1.807) is 4.68 Å². The van der Waals surface area contributed by atoms with Gasteiger partial charge in [0.05, 0.1) is 5.69 Å². The van der Waals surface area contributed by atoms with Crippen LogP contribution in [0.25, 0.3) is 16.9 Å². The fourth-order valence-corrected chi connectivity index (χ4v) is 2.82. The van der Waals surface area contributed by atoms with Crippen molar-refractivity contribution in [3.05, 3.63) is 78.8 Å². The van der Waals surface area contributed by atoms with Crippen molar-refractivity contribution >= 4 is 11.6 Å². The van der Waals surface area contributed by atoms with E-state index in [1.807, 2.05) is 54.6 Å². The molecular formula is C20H18N6O. The summed E-state index contributed by atoms with van der Waals surface area (Å²) in [5.41, 5.74) is 4.81. The Bertz CT molecular complexity index is 1010. The van der Waals surface area contributed by atoms with Gasteiger partial charge in [-0.2, -0.15) is 0 Å². The largest absolute Gasteiger partial charge is 0.358 e. The Morgan fingerprint density at radius 3 is 2.56 bits per heavy atom. The maximum atomic E-state index is 12.2. The predicted molar refractivity (Wildman–Crippen MR) is 102 cm³/mol. The van der Waals surface area contributed by atoms with Gasteiger partial charge in [-0.15, -0.1) is 5.10 Å². The van der Waals surface area contributed by atoms with Crippen molar-refractivity contribution in [3.63, 3.8) is 0 Å². The fourth-order valence-electron chi connectivity index (χ4n) is 2.82. The molecule has 0 saturated carbocycles. The third kappa shape index (κ3) is 4.09. The molecule has 0 atom stereocenters. The van der Waals surface area contributed by atoms with Gasteiger partial charge in [0.15, 0.2) is 0 Å². The second-order valence-corrected chi connectivity index (χ2v) is 6.11. The Labute approximate surface area is 156 Å². The summed E-state index contributed by atoms with van der Waals surface area (Å²) in [6.07, 6.45) is 2.58. The Morgan fingerprint density at radius 2 is 1.81 bits per heavy atom. The second kappa shape index (κ2) is 7.65. The lowest BCUT2D eigenvalue weighted by atomic mass is 10.2. The zero-order chi connectivity index (χ0) is 18.5. The third-order valence-electron chi connectivity index (χ3n) is 4.22. The van der Waals surface area contributed by atoms with Crippen LogP contribution in [0.5, 0.6) is 0 Å². The van der Waals surface area contributed by atoms with Crippen LogP contribution in [0.15, 0.2) is 73.1 Å². The van der Waals surface area contributed by atoms with Crippen molar-refractivity contribution in [1.82, 2.24) is 25.2 Å². The molecule has 1 amide bonds. The van der Waals surface area contributed by atoms with Crippen molar-refractivity contribution in [2.24, 2.45) is 0 Å². The molecule has 0 fully saturated rings. The number of nitrogens with one attached hydrogen (secondary N) is 2. The number of aromatic amines is 1. The molecule has 0 radical (unpaired) electrons. The molecule has 0 saturated heterocycles. The highest BCUT2D eigenvalue weighted by molar-refractivity contribution is 5.90. The molecule has 0 aliphatic rings. The highest BCUT2D eigenvalue weighted by Gasteiger charge is 2.06. The Kier molecular flexibility index (Phi) is 4.74. The van der Waals surface area contributed by atoms with Crippen LogP contribution in [-0.4, -0.2) is 31.1 Å². The molecule has 4 aromatic rings. The quantitative estimate of drug-likeness (QED) is 0.554. The van der Waals surface area contributed by atoms with Crippen molar-refractivity contribution in [1.29, 1.82) is 0 Å². The third-order valence-corrected chi connectivity index (χ3v) is 4.22. The molecule has 0 bridgehead atoms. The molecule has 134 valence electrons. The number of nitrogens with zero attached hydrogens (tertiary/aromatic N) is 4. The predicted octanol–water partition coefficient (Wildman–Crippen LogP) is 3.23. The van der Waals surface area contributed by atoms with Gasteiger partial charge in [0.2, 0.25) is 5.91 Å². The Balaban J connectivity index is 1.32. The van der Waals surface area contributed by atoms with Gasteiger partial charge in [-0.05, 0) is 58.8 Å². The van der Waals surface area contributed by atoms with Gasteiger partial charge >= 0.3 is 0 Å². The number of tetrazole rings is 1. The summed E-state index contributed by atoms with van der Waals surface area (Å²) < 4.78 is 1.56. The topological polar surface area (TPSA) is 88.5 Å². The van der Waals surface area contributed by atoms with Gasteiger partial charge in [-0.1, -0.05) is 30.3 Å². The molecule has 7 nitrogen and oxygen atoms in total. The van der Waals surface area contributed by atoms with Gasteiger partial charge in [-0.25, -0.2) is 4.68 Å². The first-order chi connectivity index (χ1) is 13.3. The number of rotatable bonds is 6. The summed E-state index contributed by atoms with van der Waals surface area (Å²) in [5.74, 6) is -0.0268. The SMILES string of the molecule is O=C(CCc1ccc(-c2ccccc2)[nH]1)Nc1ccc(-n2cnnn2)cc1. The standard InChI is InChI=1S/C20H18N6O/c27-20(23-17-6-10-18(11-7-17)26-14-21-24-25-26)13-9-16-8-12-19(22-16)15-4-2-1-3-5-15/h1-8,10-12,14,22H,9,13H2,(H,23,27). The van der Waals surface area contributed by atoms with E-state index < -0.39 is 0 Å². The molecule has 2 aromatic heterocycles. The summed E-state index contributed by atoms with van der Waals surface area (Å²) in [7, 11) is 0. The lowest BCUT2D eigenvalue weighted by Gasteiger charge is -2.06. The highest BCUT2D eigenvalue weighted by atomic mass is 16.1. The first kappa shape index (κ1) is 16.7. The van der Waals surface area contributed by atoms with E-state index >= 15 is 0 Å². The summed E-state index contributed by atoms with van der Waals surface area (Å²) in [4.78, 5) is 15.6. The maximum Gasteiger partial charge on any atom is 0.224 e. The van der Waals surface area contributed by atoms with E-state index in [0.717, 1.165) is 28.3 Å². The smallest absolute Gasteiger partial charge is 0.224 e. The minimum atomic E-state index is -0.0268. The number of hydrogen-bond acceptors (Lipinski definition) is 4. The molecule has 2 N–H and O–H groups in total. The van der Waals surface area contributed by atoms with E-state index in [9.17, 15) is 4.79 Å². The molecule has 27 heavy (non-hydrogen) atoms. The fraction of sp³-hybridized carbons (Fsp3) is 0.100. The molecule has 7 heteroatoms. The lowest BCUT2D eigenvalue weighted by Crippen LogP contribution is -2.12. The van der Waals surface area contributed by atoms with Crippen LogP contribution >= 0.6 is 0 Å². The summed E-state index contributed by atoms with van der Waals surface area (Å²) in [6.45, 7) is 0. The van der Waals surface area contributed by atoms with Crippen molar-refractivity contribution in [2.75, 3.05) is 5.32 Å². The van der Waals surface area contributed by atoms with E-state index in [0.29, 0.717) is 12.8 Å². The number of anilines is 1. The van der Waals surface area contributed by atoms with E-state index in [4.69, 9.17) is 0 Å². The van der Waals surface area contributed by atoms with E-state index in [-0.39, 0.29) is 5.91 Å². The molecule has 0 unspecified atom stereocenters. The van der Waals surface area contributed by atoms with Crippen LogP contribution in [-0.2, 0) is 11.2 Å². The molecule has 4 rings (SSSR count). The van der Waals surface area contributed by atoms with E-state index in [2.05, 4.69) is 38.0 Å². The van der Waals surface area contributed by atoms with Crippen molar-refractivity contribution in [3.8, 4) is 16.9 Å². The number of carbonyl (C=O) groups excluding carboxylic acids is 1. The zero-order valence-corrected chi connectivity index (χ0v) is 14.5. The Hall–Kier alpha value is -3.74. The molecule has 2 aromatic carbocycles. The van der Waals surface area contributed by atoms with Crippen LogP contribution in [0.1, 0.15) is 12.1 Å². The minimum Gasteiger partial charge on any atom is -0.358 e. The van der Waals surface area contributed by atoms with Crippen LogP contribution in [0.2, 0.25) is 0 Å². The number of hydrogen-bond donors (Lipinski definition) is 2. The van der Waals surface area contributed by atoms with Gasteiger partial charge < -0.3 is 10.3 Å². The molecule has 0 aliphatic heterocycles. The summed E-state index contributed by atoms with van der Waals surface area (Å²) in [6, 6.07) is 21.6. The lowest BCUT2D eigenvalue weighted by molar-refractivity contribution is -0.116. The van der Waals surface area contributed by atoms with Crippen molar-refractivity contribution in [2.45, 2.75) is 12.8 Å². The van der Waals surface area contributed by atoms with Crippen molar-refractivity contribution < 1.29 is 4.79 Å². The number of amides is 1. The molecule has 2 heterocycles. The second-order valence-electron chi connectivity index (χ2n) is 6.11. The molecule has 0 aliphatic carbocycles.